The maximum Gasteiger partial charge on any atom is 0.119 e. The van der Waals surface area contributed by atoms with Gasteiger partial charge in [0.05, 0.1) is 7.11 Å². The summed E-state index contributed by atoms with van der Waals surface area (Å²) in [6.45, 7) is 0. The van der Waals surface area contributed by atoms with Gasteiger partial charge in [-0.05, 0) is 83.6 Å². The number of rotatable bonds is 5. The van der Waals surface area contributed by atoms with Gasteiger partial charge in [-0.25, -0.2) is 0 Å². The van der Waals surface area contributed by atoms with Crippen molar-refractivity contribution in [2.45, 2.75) is 12.5 Å². The van der Waals surface area contributed by atoms with Crippen LogP contribution in [0.2, 0.25) is 0 Å². The average Bonchev–Trinajstić information content (AvgIpc) is 2.49. The molecule has 112 valence electrons. The van der Waals surface area contributed by atoms with E-state index in [0.29, 0.717) is 0 Å². The topological polar surface area (TPSA) is 21.3 Å². The molecule has 0 saturated heterocycles. The number of ether oxygens (including phenoxy) is 1. The van der Waals surface area contributed by atoms with E-state index in [1.54, 1.807) is 7.11 Å². The third kappa shape index (κ3) is 4.43. The molecule has 2 aromatic carbocycles. The number of hydrogen-bond donors (Lipinski definition) is 1. The first kappa shape index (κ1) is 17.2. The summed E-state index contributed by atoms with van der Waals surface area (Å²) in [5.74, 6) is 0.879. The van der Waals surface area contributed by atoms with E-state index in [1.807, 2.05) is 19.2 Å². The molecule has 1 unspecified atom stereocenters. The monoisotopic (exact) mass is 523 g/mol. The van der Waals surface area contributed by atoms with E-state index in [2.05, 4.69) is 84.0 Å². The lowest BCUT2D eigenvalue weighted by molar-refractivity contribution is 0.413. The summed E-state index contributed by atoms with van der Waals surface area (Å²) < 4.78 is 8.78. The van der Waals surface area contributed by atoms with Crippen LogP contribution in [-0.4, -0.2) is 14.2 Å². The lowest BCUT2D eigenvalue weighted by Gasteiger charge is -2.20. The molecule has 1 atom stereocenters. The molecule has 21 heavy (non-hydrogen) atoms. The molecule has 0 aliphatic heterocycles. The molecule has 2 nitrogen and oxygen atoms in total. The third-order valence-corrected chi connectivity index (χ3v) is 5.53. The van der Waals surface area contributed by atoms with Crippen molar-refractivity contribution in [2.24, 2.45) is 0 Å². The molecule has 2 rings (SSSR count). The second kappa shape index (κ2) is 7.94. The molecule has 0 heterocycles. The summed E-state index contributed by atoms with van der Waals surface area (Å²) in [5.41, 5.74) is 2.48. The van der Waals surface area contributed by atoms with Crippen LogP contribution in [0.15, 0.2) is 45.3 Å². The quantitative estimate of drug-likeness (QED) is 0.534. The lowest BCUT2D eigenvalue weighted by Crippen LogP contribution is -2.19. The van der Waals surface area contributed by atoms with Gasteiger partial charge < -0.3 is 10.1 Å². The number of hydrogen-bond acceptors (Lipinski definition) is 2. The highest BCUT2D eigenvalue weighted by molar-refractivity contribution is 14.1. The Morgan fingerprint density at radius 1 is 1.14 bits per heavy atom. The molecule has 0 amide bonds. The molecule has 1 N–H and O–H groups in total. The summed E-state index contributed by atoms with van der Waals surface area (Å²) in [5, 5.41) is 3.40. The minimum Gasteiger partial charge on any atom is -0.497 e. The van der Waals surface area contributed by atoms with Crippen LogP contribution in [-0.2, 0) is 6.42 Å². The first-order valence-corrected chi connectivity index (χ1v) is 9.16. The molecular weight excluding hydrogens is 509 g/mol. The highest BCUT2D eigenvalue weighted by atomic mass is 127. The number of nitrogens with one attached hydrogen (secondary N) is 1. The van der Waals surface area contributed by atoms with Crippen LogP contribution >= 0.6 is 54.5 Å². The highest BCUT2D eigenvalue weighted by Gasteiger charge is 2.16. The zero-order valence-corrected chi connectivity index (χ0v) is 17.1. The molecule has 5 heteroatoms. The molecule has 0 saturated carbocycles. The van der Waals surface area contributed by atoms with E-state index in [0.717, 1.165) is 21.1 Å². The van der Waals surface area contributed by atoms with E-state index in [4.69, 9.17) is 4.74 Å². The van der Waals surface area contributed by atoms with E-state index in [1.165, 1.54) is 14.7 Å². The van der Waals surface area contributed by atoms with Crippen LogP contribution in [0.3, 0.4) is 0 Å². The molecule has 0 spiro atoms. The second-order valence-corrected chi connectivity index (χ2v) is 7.62. The predicted molar refractivity (Wildman–Crippen MR) is 103 cm³/mol. The zero-order chi connectivity index (χ0) is 15.4. The first-order chi connectivity index (χ1) is 10.0. The minimum atomic E-state index is 0.234. The van der Waals surface area contributed by atoms with E-state index in [-0.39, 0.29) is 6.04 Å². The van der Waals surface area contributed by atoms with Gasteiger partial charge in [0.25, 0.3) is 0 Å². The zero-order valence-electron chi connectivity index (χ0n) is 11.8. The standard InChI is InChI=1S/C16H16Br2INO/c1-20-16(13-9-11(19)3-5-15(13)18)8-10-7-12(21-2)4-6-14(10)17/h3-7,9,16,20H,8H2,1-2H3. The van der Waals surface area contributed by atoms with Gasteiger partial charge in [-0.1, -0.05) is 31.9 Å². The first-order valence-electron chi connectivity index (χ1n) is 6.49. The fourth-order valence-electron chi connectivity index (χ4n) is 2.20. The van der Waals surface area contributed by atoms with Crippen molar-refractivity contribution in [2.75, 3.05) is 14.2 Å². The van der Waals surface area contributed by atoms with E-state index < -0.39 is 0 Å². The van der Waals surface area contributed by atoms with Crippen LogP contribution in [0.25, 0.3) is 0 Å². The van der Waals surface area contributed by atoms with E-state index in [9.17, 15) is 0 Å². The molecule has 0 aliphatic rings. The van der Waals surface area contributed by atoms with Crippen molar-refractivity contribution in [1.82, 2.24) is 5.32 Å². The highest BCUT2D eigenvalue weighted by Crippen LogP contribution is 2.31. The summed E-state index contributed by atoms with van der Waals surface area (Å²) in [7, 11) is 3.68. The Morgan fingerprint density at radius 2 is 1.86 bits per heavy atom. The Morgan fingerprint density at radius 3 is 2.52 bits per heavy atom. The molecule has 2 aromatic rings. The molecule has 0 aromatic heterocycles. The second-order valence-electron chi connectivity index (χ2n) is 4.67. The van der Waals surface area contributed by atoms with Crippen molar-refractivity contribution >= 4 is 54.5 Å². The number of halogens is 3. The number of methoxy groups -OCH3 is 1. The van der Waals surface area contributed by atoms with Crippen LogP contribution < -0.4 is 10.1 Å². The summed E-state index contributed by atoms with van der Waals surface area (Å²) in [6, 6.07) is 12.7. The summed E-state index contributed by atoms with van der Waals surface area (Å²) >= 11 is 9.62. The number of likely N-dealkylation sites (N-methyl/N-ethyl adjacent to an activating group) is 1. The fraction of sp³-hybridized carbons (Fsp3) is 0.250. The fourth-order valence-corrected chi connectivity index (χ4v) is 3.65. The van der Waals surface area contributed by atoms with Crippen molar-refractivity contribution in [3.8, 4) is 5.75 Å². The van der Waals surface area contributed by atoms with Gasteiger partial charge in [0.1, 0.15) is 5.75 Å². The third-order valence-electron chi connectivity index (χ3n) is 3.36. The largest absolute Gasteiger partial charge is 0.497 e. The average molecular weight is 525 g/mol. The van der Waals surface area contributed by atoms with E-state index >= 15 is 0 Å². The molecular formula is C16H16Br2INO. The Balaban J connectivity index is 2.33. The van der Waals surface area contributed by atoms with Crippen LogP contribution in [0, 0.1) is 3.57 Å². The van der Waals surface area contributed by atoms with Gasteiger partial charge in [-0.2, -0.15) is 0 Å². The van der Waals surface area contributed by atoms with Gasteiger partial charge in [-0.3, -0.25) is 0 Å². The normalized spacial score (nSPS) is 12.2. The van der Waals surface area contributed by atoms with Crippen LogP contribution in [0.1, 0.15) is 17.2 Å². The van der Waals surface area contributed by atoms with Crippen molar-refractivity contribution < 1.29 is 4.74 Å². The van der Waals surface area contributed by atoms with Crippen LogP contribution in [0.5, 0.6) is 5.75 Å². The van der Waals surface area contributed by atoms with Crippen LogP contribution in [0.4, 0.5) is 0 Å². The van der Waals surface area contributed by atoms with Gasteiger partial charge in [-0.15, -0.1) is 0 Å². The smallest absolute Gasteiger partial charge is 0.119 e. The van der Waals surface area contributed by atoms with Crippen molar-refractivity contribution in [3.05, 3.63) is 60.0 Å². The Labute approximate surface area is 156 Å². The number of benzene rings is 2. The van der Waals surface area contributed by atoms with Gasteiger partial charge >= 0.3 is 0 Å². The van der Waals surface area contributed by atoms with Crippen molar-refractivity contribution in [1.29, 1.82) is 0 Å². The molecule has 0 aliphatic carbocycles. The Hall–Kier alpha value is -0.110. The molecule has 0 radical (unpaired) electrons. The molecule has 0 bridgehead atoms. The molecule has 0 fully saturated rings. The Kier molecular flexibility index (Phi) is 6.52. The summed E-state index contributed by atoms with van der Waals surface area (Å²) in [6.07, 6.45) is 0.882. The Bertz CT molecular complexity index is 634. The SMILES string of the molecule is CNC(Cc1cc(OC)ccc1Br)c1cc(I)ccc1Br. The predicted octanol–water partition coefficient (Wildman–Crippen LogP) is 5.33. The minimum absolute atomic E-state index is 0.234. The maximum absolute atomic E-state index is 5.32. The maximum atomic E-state index is 5.32. The lowest BCUT2D eigenvalue weighted by atomic mass is 9.99. The summed E-state index contributed by atoms with van der Waals surface area (Å²) in [4.78, 5) is 0. The van der Waals surface area contributed by atoms with Crippen molar-refractivity contribution in [3.63, 3.8) is 0 Å². The van der Waals surface area contributed by atoms with Gasteiger partial charge in [0.2, 0.25) is 0 Å². The van der Waals surface area contributed by atoms with Gasteiger partial charge in [0.15, 0.2) is 0 Å². The van der Waals surface area contributed by atoms with Gasteiger partial charge in [0, 0.05) is 18.6 Å².